The van der Waals surface area contributed by atoms with Gasteiger partial charge < -0.3 is 10.1 Å². The number of aromatic nitrogens is 2. The molecule has 0 bridgehead atoms. The fraction of sp³-hybridized carbons (Fsp3) is 0.500. The zero-order valence-corrected chi connectivity index (χ0v) is 9.82. The number of hydrogen-bond donors (Lipinski definition) is 1. The lowest BCUT2D eigenvalue weighted by atomic mass is 10.2. The third-order valence-electron chi connectivity index (χ3n) is 2.17. The van der Waals surface area contributed by atoms with Crippen molar-refractivity contribution in [2.45, 2.75) is 6.04 Å². The Labute approximate surface area is 94.9 Å². The molecule has 1 aromatic heterocycles. The molecule has 0 saturated carbocycles. The van der Waals surface area contributed by atoms with Gasteiger partial charge in [0.1, 0.15) is 5.69 Å². The molecule has 0 fully saturated rings. The van der Waals surface area contributed by atoms with E-state index in [9.17, 15) is 4.79 Å². The number of carbonyl (C=O) groups excluding carboxylic acids is 1. The standard InChI is InChI=1S/C8H10IN3O2/c1-14-4-5-2-10-8(13)7-6(9)3-11-12(5)7/h3,5H,2,4H2,1H3,(H,10,13). The quantitative estimate of drug-likeness (QED) is 0.806. The summed E-state index contributed by atoms with van der Waals surface area (Å²) in [5.74, 6) is -0.0562. The average molecular weight is 307 g/mol. The zero-order valence-electron chi connectivity index (χ0n) is 7.66. The lowest BCUT2D eigenvalue weighted by molar-refractivity contribution is 0.0860. The van der Waals surface area contributed by atoms with Crippen LogP contribution in [0.15, 0.2) is 6.20 Å². The highest BCUT2D eigenvalue weighted by molar-refractivity contribution is 14.1. The third kappa shape index (κ3) is 1.52. The number of ether oxygens (including phenoxy) is 1. The van der Waals surface area contributed by atoms with Crippen LogP contribution in [0.25, 0.3) is 0 Å². The number of nitrogens with zero attached hydrogens (tertiary/aromatic N) is 2. The summed E-state index contributed by atoms with van der Waals surface area (Å²) in [5.41, 5.74) is 0.638. The maximum Gasteiger partial charge on any atom is 0.270 e. The van der Waals surface area contributed by atoms with Gasteiger partial charge in [-0.2, -0.15) is 5.10 Å². The summed E-state index contributed by atoms with van der Waals surface area (Å²) in [5, 5.41) is 6.99. The highest BCUT2D eigenvalue weighted by atomic mass is 127. The summed E-state index contributed by atoms with van der Waals surface area (Å²) in [7, 11) is 1.64. The van der Waals surface area contributed by atoms with Gasteiger partial charge in [-0.25, -0.2) is 0 Å². The summed E-state index contributed by atoms with van der Waals surface area (Å²) >= 11 is 2.11. The molecule has 1 aliphatic heterocycles. The maximum atomic E-state index is 11.5. The molecule has 76 valence electrons. The molecular weight excluding hydrogens is 297 g/mol. The Bertz CT molecular complexity index is 363. The first kappa shape index (κ1) is 9.91. The largest absolute Gasteiger partial charge is 0.382 e. The minimum absolute atomic E-state index is 0.0562. The van der Waals surface area contributed by atoms with E-state index in [1.165, 1.54) is 0 Å². The van der Waals surface area contributed by atoms with Gasteiger partial charge >= 0.3 is 0 Å². The molecule has 1 aliphatic rings. The van der Waals surface area contributed by atoms with Gasteiger partial charge in [-0.3, -0.25) is 9.48 Å². The van der Waals surface area contributed by atoms with Crippen LogP contribution < -0.4 is 5.32 Å². The molecule has 1 unspecified atom stereocenters. The van der Waals surface area contributed by atoms with Crippen LogP contribution in [0.2, 0.25) is 0 Å². The molecule has 1 amide bonds. The Morgan fingerprint density at radius 3 is 3.36 bits per heavy atom. The number of amides is 1. The van der Waals surface area contributed by atoms with Crippen LogP contribution in [-0.4, -0.2) is 35.9 Å². The van der Waals surface area contributed by atoms with E-state index in [0.717, 1.165) is 3.57 Å². The van der Waals surface area contributed by atoms with Crippen LogP contribution >= 0.6 is 22.6 Å². The van der Waals surface area contributed by atoms with E-state index in [1.54, 1.807) is 18.0 Å². The molecule has 0 radical (unpaired) electrons. The summed E-state index contributed by atoms with van der Waals surface area (Å²) < 4.78 is 7.68. The molecule has 0 spiro atoms. The highest BCUT2D eigenvalue weighted by Crippen LogP contribution is 2.19. The maximum absolute atomic E-state index is 11.5. The van der Waals surface area contributed by atoms with Crippen molar-refractivity contribution < 1.29 is 9.53 Å². The van der Waals surface area contributed by atoms with Crippen LogP contribution in [0.1, 0.15) is 16.5 Å². The highest BCUT2D eigenvalue weighted by Gasteiger charge is 2.27. The van der Waals surface area contributed by atoms with Crippen molar-refractivity contribution in [3.63, 3.8) is 0 Å². The third-order valence-corrected chi connectivity index (χ3v) is 2.96. The van der Waals surface area contributed by atoms with E-state index in [1.807, 2.05) is 0 Å². The van der Waals surface area contributed by atoms with Gasteiger partial charge in [-0.15, -0.1) is 0 Å². The second-order valence-electron chi connectivity index (χ2n) is 3.10. The van der Waals surface area contributed by atoms with E-state index in [0.29, 0.717) is 18.8 Å². The van der Waals surface area contributed by atoms with Crippen molar-refractivity contribution in [3.8, 4) is 0 Å². The SMILES string of the molecule is COCC1CNC(=O)c2c(I)cnn21. The van der Waals surface area contributed by atoms with E-state index in [4.69, 9.17) is 4.74 Å². The van der Waals surface area contributed by atoms with Crippen LogP contribution in [0, 0.1) is 3.57 Å². The van der Waals surface area contributed by atoms with Gasteiger partial charge in [0.2, 0.25) is 0 Å². The number of halogens is 1. The van der Waals surface area contributed by atoms with Crippen molar-refractivity contribution in [1.29, 1.82) is 0 Å². The van der Waals surface area contributed by atoms with Crippen molar-refractivity contribution >= 4 is 28.5 Å². The fourth-order valence-corrected chi connectivity index (χ4v) is 2.15. The summed E-state index contributed by atoms with van der Waals surface area (Å²) in [4.78, 5) is 11.5. The predicted molar refractivity (Wildman–Crippen MR) is 58.2 cm³/mol. The first-order chi connectivity index (χ1) is 6.74. The number of hydrogen-bond acceptors (Lipinski definition) is 3. The molecule has 5 nitrogen and oxygen atoms in total. The van der Waals surface area contributed by atoms with Gasteiger partial charge in [0.05, 0.1) is 22.4 Å². The Balaban J connectivity index is 2.38. The molecular formula is C8H10IN3O2. The molecule has 0 saturated heterocycles. The van der Waals surface area contributed by atoms with Crippen LogP contribution in [0.5, 0.6) is 0 Å². The normalized spacial score (nSPS) is 20.4. The van der Waals surface area contributed by atoms with Crippen LogP contribution in [0.4, 0.5) is 0 Å². The Morgan fingerprint density at radius 2 is 2.64 bits per heavy atom. The lowest BCUT2D eigenvalue weighted by Crippen LogP contribution is -2.41. The predicted octanol–water partition coefficient (Wildman–Crippen LogP) is 0.419. The monoisotopic (exact) mass is 307 g/mol. The van der Waals surface area contributed by atoms with Crippen molar-refractivity contribution in [3.05, 3.63) is 15.5 Å². The number of nitrogens with one attached hydrogen (secondary N) is 1. The molecule has 2 rings (SSSR count). The second-order valence-corrected chi connectivity index (χ2v) is 4.27. The van der Waals surface area contributed by atoms with Gasteiger partial charge in [-0.1, -0.05) is 0 Å². The van der Waals surface area contributed by atoms with E-state index in [-0.39, 0.29) is 11.9 Å². The number of fused-ring (bicyclic) bond motifs is 1. The minimum atomic E-state index is -0.0562. The first-order valence-electron chi connectivity index (χ1n) is 4.24. The van der Waals surface area contributed by atoms with Gasteiger partial charge in [0.15, 0.2) is 0 Å². The molecule has 0 aliphatic carbocycles. The molecule has 0 aromatic carbocycles. The Morgan fingerprint density at radius 1 is 1.86 bits per heavy atom. The summed E-state index contributed by atoms with van der Waals surface area (Å²) in [6.07, 6.45) is 1.70. The van der Waals surface area contributed by atoms with Crippen molar-refractivity contribution in [2.75, 3.05) is 20.3 Å². The lowest BCUT2D eigenvalue weighted by Gasteiger charge is -2.24. The molecule has 1 N–H and O–H groups in total. The van der Waals surface area contributed by atoms with Crippen LogP contribution in [-0.2, 0) is 4.74 Å². The number of methoxy groups -OCH3 is 1. The minimum Gasteiger partial charge on any atom is -0.382 e. The first-order valence-corrected chi connectivity index (χ1v) is 5.32. The van der Waals surface area contributed by atoms with E-state index < -0.39 is 0 Å². The summed E-state index contributed by atoms with van der Waals surface area (Å²) in [6, 6.07) is 0.108. The number of rotatable bonds is 2. The number of carbonyl (C=O) groups is 1. The molecule has 2 heterocycles. The van der Waals surface area contributed by atoms with Crippen LogP contribution in [0.3, 0.4) is 0 Å². The second kappa shape index (κ2) is 3.85. The summed E-state index contributed by atoms with van der Waals surface area (Å²) in [6.45, 7) is 1.14. The van der Waals surface area contributed by atoms with Gasteiger partial charge in [0.25, 0.3) is 5.91 Å². The van der Waals surface area contributed by atoms with Crippen molar-refractivity contribution in [1.82, 2.24) is 15.1 Å². The van der Waals surface area contributed by atoms with Crippen molar-refractivity contribution in [2.24, 2.45) is 0 Å². The Kier molecular flexibility index (Phi) is 2.73. The van der Waals surface area contributed by atoms with Gasteiger partial charge in [0, 0.05) is 13.7 Å². The van der Waals surface area contributed by atoms with E-state index in [2.05, 4.69) is 33.0 Å². The Hall–Kier alpha value is -0.630. The topological polar surface area (TPSA) is 56.1 Å². The smallest absolute Gasteiger partial charge is 0.270 e. The molecule has 1 atom stereocenters. The zero-order chi connectivity index (χ0) is 10.1. The molecule has 14 heavy (non-hydrogen) atoms. The van der Waals surface area contributed by atoms with E-state index >= 15 is 0 Å². The fourth-order valence-electron chi connectivity index (χ4n) is 1.53. The molecule has 1 aromatic rings. The average Bonchev–Trinajstić information content (AvgIpc) is 2.54. The van der Waals surface area contributed by atoms with Gasteiger partial charge in [-0.05, 0) is 22.6 Å². The molecule has 6 heteroatoms.